The van der Waals surface area contributed by atoms with Gasteiger partial charge in [0.15, 0.2) is 0 Å². The van der Waals surface area contributed by atoms with E-state index < -0.39 is 0 Å². The number of nitrogens with one attached hydrogen (secondary N) is 1. The number of carbonyl (C=O) groups excluding carboxylic acids is 1. The summed E-state index contributed by atoms with van der Waals surface area (Å²) in [6.07, 6.45) is 5.71. The van der Waals surface area contributed by atoms with Crippen LogP contribution in [0.3, 0.4) is 0 Å². The predicted molar refractivity (Wildman–Crippen MR) is 128 cm³/mol. The fourth-order valence-corrected chi connectivity index (χ4v) is 4.86. The van der Waals surface area contributed by atoms with Crippen LogP contribution in [0.1, 0.15) is 31.4 Å². The molecule has 2 fully saturated rings. The number of hydrogen-bond acceptors (Lipinski definition) is 5. The van der Waals surface area contributed by atoms with Crippen LogP contribution < -0.4 is 10.2 Å². The topological polar surface area (TPSA) is 79.2 Å². The molecule has 2 atom stereocenters. The molecular formula is C25H25N7O. The maximum Gasteiger partial charge on any atom is 0.324 e. The van der Waals surface area contributed by atoms with Crippen molar-refractivity contribution in [2.45, 2.75) is 31.8 Å². The SMILES string of the molecule is C[C@H](Nc1nccc(-n2cnc3cc(N4CC5CCCN5C4=O)ccc32)n1)c1ccccc1. The van der Waals surface area contributed by atoms with E-state index in [0.29, 0.717) is 12.0 Å². The van der Waals surface area contributed by atoms with Gasteiger partial charge in [0.05, 0.1) is 23.1 Å². The summed E-state index contributed by atoms with van der Waals surface area (Å²) in [4.78, 5) is 30.3. The molecule has 8 heteroatoms. The molecule has 0 spiro atoms. The minimum Gasteiger partial charge on any atom is -0.348 e. The molecule has 2 amide bonds. The molecule has 2 aromatic heterocycles. The fraction of sp³-hybridized carbons (Fsp3) is 0.280. The molecule has 166 valence electrons. The van der Waals surface area contributed by atoms with Crippen molar-refractivity contribution in [3.63, 3.8) is 0 Å². The van der Waals surface area contributed by atoms with E-state index >= 15 is 0 Å². The maximum atomic E-state index is 12.8. The lowest BCUT2D eigenvalue weighted by atomic mass is 10.1. The van der Waals surface area contributed by atoms with Crippen LogP contribution >= 0.6 is 0 Å². The highest BCUT2D eigenvalue weighted by atomic mass is 16.2. The number of fused-ring (bicyclic) bond motifs is 2. The van der Waals surface area contributed by atoms with Gasteiger partial charge in [-0.2, -0.15) is 4.98 Å². The second-order valence-corrected chi connectivity index (χ2v) is 8.69. The van der Waals surface area contributed by atoms with E-state index in [0.717, 1.165) is 48.5 Å². The van der Waals surface area contributed by atoms with Gasteiger partial charge >= 0.3 is 6.03 Å². The Morgan fingerprint density at radius 1 is 1.09 bits per heavy atom. The van der Waals surface area contributed by atoms with Gasteiger partial charge in [-0.15, -0.1) is 0 Å². The van der Waals surface area contributed by atoms with Crippen molar-refractivity contribution in [1.82, 2.24) is 24.4 Å². The monoisotopic (exact) mass is 439 g/mol. The van der Waals surface area contributed by atoms with Gasteiger partial charge in [-0.3, -0.25) is 9.47 Å². The van der Waals surface area contributed by atoms with E-state index in [1.165, 1.54) is 5.56 Å². The van der Waals surface area contributed by atoms with Crippen LogP contribution in [0.15, 0.2) is 67.1 Å². The van der Waals surface area contributed by atoms with Gasteiger partial charge < -0.3 is 10.2 Å². The van der Waals surface area contributed by atoms with Crippen molar-refractivity contribution in [2.75, 3.05) is 23.3 Å². The van der Waals surface area contributed by atoms with Gasteiger partial charge in [-0.05, 0) is 49.6 Å². The lowest BCUT2D eigenvalue weighted by Crippen LogP contribution is -2.31. The zero-order chi connectivity index (χ0) is 22.4. The molecule has 0 aliphatic carbocycles. The molecule has 1 unspecified atom stereocenters. The highest BCUT2D eigenvalue weighted by Gasteiger charge is 2.40. The van der Waals surface area contributed by atoms with Crippen molar-refractivity contribution in [3.05, 3.63) is 72.7 Å². The first kappa shape index (κ1) is 19.7. The summed E-state index contributed by atoms with van der Waals surface area (Å²) >= 11 is 0. The number of amides is 2. The smallest absolute Gasteiger partial charge is 0.324 e. The summed E-state index contributed by atoms with van der Waals surface area (Å²) in [5.41, 5.74) is 3.84. The minimum absolute atomic E-state index is 0.0803. The van der Waals surface area contributed by atoms with Crippen molar-refractivity contribution in [3.8, 4) is 5.82 Å². The zero-order valence-electron chi connectivity index (χ0n) is 18.4. The van der Waals surface area contributed by atoms with E-state index in [1.54, 1.807) is 12.5 Å². The van der Waals surface area contributed by atoms with Gasteiger partial charge in [0, 0.05) is 25.0 Å². The highest BCUT2D eigenvalue weighted by Crippen LogP contribution is 2.32. The van der Waals surface area contributed by atoms with Gasteiger partial charge in [-0.25, -0.2) is 14.8 Å². The van der Waals surface area contributed by atoms with Gasteiger partial charge in [0.1, 0.15) is 12.1 Å². The Labute approximate surface area is 191 Å². The van der Waals surface area contributed by atoms with Crippen LogP contribution in [0.4, 0.5) is 16.4 Å². The third-order valence-corrected chi connectivity index (χ3v) is 6.62. The van der Waals surface area contributed by atoms with Crippen LogP contribution in [0, 0.1) is 0 Å². The van der Waals surface area contributed by atoms with Gasteiger partial charge in [0.25, 0.3) is 0 Å². The van der Waals surface area contributed by atoms with E-state index in [9.17, 15) is 4.79 Å². The number of anilines is 2. The van der Waals surface area contributed by atoms with Crippen LogP contribution in [0.25, 0.3) is 16.9 Å². The van der Waals surface area contributed by atoms with Crippen molar-refractivity contribution in [1.29, 1.82) is 0 Å². The number of imidazole rings is 1. The van der Waals surface area contributed by atoms with Crippen LogP contribution in [0.5, 0.6) is 0 Å². The summed E-state index contributed by atoms with van der Waals surface area (Å²) in [5, 5.41) is 3.37. The molecule has 4 heterocycles. The number of rotatable bonds is 5. The first-order chi connectivity index (χ1) is 16.2. The predicted octanol–water partition coefficient (Wildman–Crippen LogP) is 4.39. The van der Waals surface area contributed by atoms with E-state index in [4.69, 9.17) is 4.98 Å². The zero-order valence-corrected chi connectivity index (χ0v) is 18.4. The summed E-state index contributed by atoms with van der Waals surface area (Å²) < 4.78 is 1.95. The Morgan fingerprint density at radius 3 is 2.82 bits per heavy atom. The molecule has 2 aliphatic heterocycles. The molecule has 0 bridgehead atoms. The molecule has 0 radical (unpaired) electrons. The summed E-state index contributed by atoms with van der Waals surface area (Å²) in [6.45, 7) is 3.71. The Bertz CT molecular complexity index is 1320. The average molecular weight is 440 g/mol. The lowest BCUT2D eigenvalue weighted by molar-refractivity contribution is 0.219. The number of carbonyl (C=O) groups is 1. The second-order valence-electron chi connectivity index (χ2n) is 8.69. The molecule has 4 aromatic rings. The maximum absolute atomic E-state index is 12.8. The number of aromatic nitrogens is 4. The molecule has 1 N–H and O–H groups in total. The summed E-state index contributed by atoms with van der Waals surface area (Å²) in [5.74, 6) is 1.30. The number of nitrogens with zero attached hydrogens (tertiary/aromatic N) is 6. The van der Waals surface area contributed by atoms with Crippen molar-refractivity contribution >= 4 is 28.7 Å². The Kier molecular flexibility index (Phi) is 4.71. The van der Waals surface area contributed by atoms with E-state index in [1.807, 2.05) is 56.8 Å². The summed E-state index contributed by atoms with van der Waals surface area (Å²) in [6, 6.07) is 18.6. The molecule has 0 saturated carbocycles. The van der Waals surface area contributed by atoms with Crippen molar-refractivity contribution in [2.24, 2.45) is 0 Å². The molecule has 33 heavy (non-hydrogen) atoms. The number of benzene rings is 2. The standard InChI is InChI=1S/C25H25N7O/c1-17(18-6-3-2-4-7-18)28-24-26-12-11-23(29-24)32-16-27-21-14-19(9-10-22(21)32)31-15-20-8-5-13-30(20)25(31)33/h2-4,6-7,9-12,14,16-17,20H,5,8,13,15H2,1H3,(H,26,28,29)/t17-,20?/m0/s1. The normalized spacial score (nSPS) is 18.7. The first-order valence-electron chi connectivity index (χ1n) is 11.4. The quantitative estimate of drug-likeness (QED) is 0.499. The molecular weight excluding hydrogens is 414 g/mol. The fourth-order valence-electron chi connectivity index (χ4n) is 4.86. The average Bonchev–Trinajstić information content (AvgIpc) is 3.55. The van der Waals surface area contributed by atoms with Gasteiger partial charge in [-0.1, -0.05) is 30.3 Å². The highest BCUT2D eigenvalue weighted by molar-refractivity contribution is 5.96. The number of hydrogen-bond donors (Lipinski definition) is 1. The number of urea groups is 1. The van der Waals surface area contributed by atoms with Crippen LogP contribution in [-0.2, 0) is 0 Å². The Morgan fingerprint density at radius 2 is 1.97 bits per heavy atom. The van der Waals surface area contributed by atoms with E-state index in [-0.39, 0.29) is 12.1 Å². The third-order valence-electron chi connectivity index (χ3n) is 6.62. The van der Waals surface area contributed by atoms with Crippen LogP contribution in [-0.4, -0.2) is 49.6 Å². The van der Waals surface area contributed by atoms with Crippen LogP contribution in [0.2, 0.25) is 0 Å². The largest absolute Gasteiger partial charge is 0.348 e. The minimum atomic E-state index is 0.0803. The molecule has 2 aliphatic rings. The van der Waals surface area contributed by atoms with E-state index in [2.05, 4.69) is 34.3 Å². The molecule has 8 nitrogen and oxygen atoms in total. The summed E-state index contributed by atoms with van der Waals surface area (Å²) in [7, 11) is 0. The lowest BCUT2D eigenvalue weighted by Gasteiger charge is -2.17. The molecule has 2 saturated heterocycles. The van der Waals surface area contributed by atoms with Gasteiger partial charge in [0.2, 0.25) is 5.95 Å². The van der Waals surface area contributed by atoms with Crippen molar-refractivity contribution < 1.29 is 4.79 Å². The first-order valence-corrected chi connectivity index (χ1v) is 11.4. The molecule has 2 aromatic carbocycles. The third kappa shape index (κ3) is 3.47. The second kappa shape index (κ2) is 7.88. The Balaban J connectivity index is 1.26. The Hall–Kier alpha value is -3.94. The molecule has 6 rings (SSSR count).